The van der Waals surface area contributed by atoms with E-state index < -0.39 is 0 Å². The minimum atomic E-state index is 0.281. The fraction of sp³-hybridized carbons (Fsp3) is 0.457. The largest absolute Gasteiger partial charge is 0.508 e. The third-order valence-electron chi connectivity index (χ3n) is 7.36. The van der Waals surface area contributed by atoms with Gasteiger partial charge in [0, 0.05) is 11.4 Å². The Hall–Kier alpha value is -3.07. The zero-order valence-corrected chi connectivity index (χ0v) is 25.0. The summed E-state index contributed by atoms with van der Waals surface area (Å²) in [7, 11) is 0. The Balaban J connectivity index is 2.17. The third kappa shape index (κ3) is 6.87. The lowest BCUT2D eigenvalue weighted by molar-refractivity contribution is 0.475. The molecule has 0 aliphatic rings. The van der Waals surface area contributed by atoms with E-state index >= 15 is 0 Å². The maximum absolute atomic E-state index is 9.81. The summed E-state index contributed by atoms with van der Waals surface area (Å²) in [6.07, 6.45) is 2.78. The summed E-state index contributed by atoms with van der Waals surface area (Å²) in [6.45, 7) is 20.1. The number of hydrogen-bond donors (Lipinski definition) is 2. The predicted octanol–water partition coefficient (Wildman–Crippen LogP) is 9.98. The third-order valence-corrected chi connectivity index (χ3v) is 7.36. The molecule has 204 valence electrons. The van der Waals surface area contributed by atoms with Gasteiger partial charge in [-0.2, -0.15) is 0 Å². The van der Waals surface area contributed by atoms with Gasteiger partial charge in [0.15, 0.2) is 0 Å². The van der Waals surface area contributed by atoms with Gasteiger partial charge in [0.2, 0.25) is 0 Å². The van der Waals surface area contributed by atoms with E-state index in [1.807, 2.05) is 12.1 Å². The fourth-order valence-corrected chi connectivity index (χ4v) is 5.20. The van der Waals surface area contributed by atoms with Gasteiger partial charge in [-0.15, -0.1) is 0 Å². The lowest BCUT2D eigenvalue weighted by Gasteiger charge is -2.22. The summed E-state index contributed by atoms with van der Waals surface area (Å²) in [5.41, 5.74) is 18.5. The SMILES string of the molecule is CCC/C(=N\c1c(C(C)C)cc(Cc2cc(C(C)C)c(N)c(C(C)C)c2)cc1C(C)C)c1ccc(O)cc1. The van der Waals surface area contributed by atoms with E-state index in [-0.39, 0.29) is 5.75 Å². The van der Waals surface area contributed by atoms with Crippen molar-refractivity contribution in [3.8, 4) is 5.75 Å². The van der Waals surface area contributed by atoms with Crippen LogP contribution in [0, 0.1) is 0 Å². The van der Waals surface area contributed by atoms with Gasteiger partial charge in [-0.05, 0) is 99.7 Å². The molecule has 0 heterocycles. The smallest absolute Gasteiger partial charge is 0.115 e. The Kier molecular flexibility index (Phi) is 9.82. The molecule has 0 radical (unpaired) electrons. The standard InChI is InChI=1S/C35H48N2O/c1-10-11-33(27-12-14-28(38)15-13-27)37-35-31(23(6)7)19-26(20-32(35)24(8)9)16-25-17-29(21(2)3)34(36)30(18-25)22(4)5/h12-15,17-24,38H,10-11,16,36H2,1-9H3/b37-33+. The van der Waals surface area contributed by atoms with Gasteiger partial charge in [-0.1, -0.05) is 93.0 Å². The number of nitrogens with zero attached hydrogens (tertiary/aromatic N) is 1. The second kappa shape index (κ2) is 12.7. The second-order valence-corrected chi connectivity index (χ2v) is 12.0. The molecule has 0 amide bonds. The van der Waals surface area contributed by atoms with E-state index in [1.165, 1.54) is 33.4 Å². The highest BCUT2D eigenvalue weighted by atomic mass is 16.3. The van der Waals surface area contributed by atoms with Crippen LogP contribution in [0.1, 0.15) is 138 Å². The Labute approximate surface area is 231 Å². The van der Waals surface area contributed by atoms with Crippen LogP contribution in [-0.2, 0) is 6.42 Å². The summed E-state index contributed by atoms with van der Waals surface area (Å²) < 4.78 is 0. The molecular weight excluding hydrogens is 464 g/mol. The van der Waals surface area contributed by atoms with Crippen LogP contribution in [0.4, 0.5) is 11.4 Å². The highest BCUT2D eigenvalue weighted by Gasteiger charge is 2.19. The number of nitrogen functional groups attached to an aromatic ring is 1. The van der Waals surface area contributed by atoms with Gasteiger partial charge >= 0.3 is 0 Å². The number of hydrogen-bond acceptors (Lipinski definition) is 3. The number of benzene rings is 3. The van der Waals surface area contributed by atoms with Crippen LogP contribution in [0.15, 0.2) is 53.5 Å². The van der Waals surface area contributed by atoms with Gasteiger partial charge < -0.3 is 10.8 Å². The molecule has 3 nitrogen and oxygen atoms in total. The summed E-state index contributed by atoms with van der Waals surface area (Å²) in [4.78, 5) is 5.34. The minimum Gasteiger partial charge on any atom is -0.508 e. The molecule has 3 aromatic rings. The first kappa shape index (κ1) is 29.5. The number of nitrogens with two attached hydrogens (primary N) is 1. The minimum absolute atomic E-state index is 0.281. The van der Waals surface area contributed by atoms with Crippen LogP contribution >= 0.6 is 0 Å². The van der Waals surface area contributed by atoms with Gasteiger partial charge in [-0.25, -0.2) is 0 Å². The fourth-order valence-electron chi connectivity index (χ4n) is 5.20. The number of aromatic hydroxyl groups is 1. The second-order valence-electron chi connectivity index (χ2n) is 12.0. The van der Waals surface area contributed by atoms with Crippen LogP contribution < -0.4 is 5.73 Å². The van der Waals surface area contributed by atoms with Gasteiger partial charge in [0.05, 0.1) is 5.69 Å². The van der Waals surface area contributed by atoms with Gasteiger partial charge in [-0.3, -0.25) is 4.99 Å². The Morgan fingerprint density at radius 1 is 0.711 bits per heavy atom. The molecule has 0 spiro atoms. The summed E-state index contributed by atoms with van der Waals surface area (Å²) >= 11 is 0. The number of aliphatic imine (C=N–C) groups is 1. The van der Waals surface area contributed by atoms with E-state index in [1.54, 1.807) is 12.1 Å². The molecule has 0 aromatic heterocycles. The van der Waals surface area contributed by atoms with Crippen LogP contribution in [0.2, 0.25) is 0 Å². The molecule has 3 rings (SSSR count). The Morgan fingerprint density at radius 3 is 1.53 bits per heavy atom. The quantitative estimate of drug-likeness (QED) is 0.210. The molecule has 3 aromatic carbocycles. The predicted molar refractivity (Wildman–Crippen MR) is 166 cm³/mol. The van der Waals surface area contributed by atoms with Crippen LogP contribution in [0.3, 0.4) is 0 Å². The van der Waals surface area contributed by atoms with Crippen molar-refractivity contribution in [3.63, 3.8) is 0 Å². The lowest BCUT2D eigenvalue weighted by atomic mass is 9.86. The van der Waals surface area contributed by atoms with E-state index in [4.69, 9.17) is 10.7 Å². The summed E-state index contributed by atoms with van der Waals surface area (Å²) in [5, 5.41) is 9.81. The maximum atomic E-state index is 9.81. The van der Waals surface area contributed by atoms with Crippen molar-refractivity contribution in [2.45, 2.75) is 105 Å². The van der Waals surface area contributed by atoms with E-state index in [0.29, 0.717) is 23.7 Å². The first-order valence-electron chi connectivity index (χ1n) is 14.4. The molecule has 3 heteroatoms. The number of phenols is 1. The number of rotatable bonds is 10. The van der Waals surface area contributed by atoms with Crippen molar-refractivity contribution in [1.82, 2.24) is 0 Å². The van der Waals surface area contributed by atoms with Gasteiger partial charge in [0.25, 0.3) is 0 Å². The molecule has 0 aliphatic heterocycles. The maximum Gasteiger partial charge on any atom is 0.115 e. The first-order valence-corrected chi connectivity index (χ1v) is 14.4. The van der Waals surface area contributed by atoms with E-state index in [2.05, 4.69) is 86.6 Å². The monoisotopic (exact) mass is 512 g/mol. The Bertz CT molecular complexity index is 1210. The van der Waals surface area contributed by atoms with Crippen LogP contribution in [0.5, 0.6) is 5.75 Å². The van der Waals surface area contributed by atoms with Crippen molar-refractivity contribution in [2.75, 3.05) is 5.73 Å². The summed E-state index contributed by atoms with van der Waals surface area (Å²) in [6, 6.07) is 16.8. The van der Waals surface area contributed by atoms with Crippen LogP contribution in [-0.4, -0.2) is 10.8 Å². The highest BCUT2D eigenvalue weighted by Crippen LogP contribution is 2.38. The summed E-state index contributed by atoms with van der Waals surface area (Å²) in [5.74, 6) is 1.75. The van der Waals surface area contributed by atoms with Crippen molar-refractivity contribution < 1.29 is 5.11 Å². The molecule has 0 saturated heterocycles. The lowest BCUT2D eigenvalue weighted by Crippen LogP contribution is -2.06. The molecule has 0 bridgehead atoms. The zero-order valence-electron chi connectivity index (χ0n) is 25.0. The molecule has 3 N–H and O–H groups in total. The number of phenolic OH excluding ortho intramolecular Hbond substituents is 1. The van der Waals surface area contributed by atoms with Gasteiger partial charge in [0.1, 0.15) is 5.75 Å². The van der Waals surface area contributed by atoms with Crippen molar-refractivity contribution in [1.29, 1.82) is 0 Å². The zero-order chi connectivity index (χ0) is 28.1. The molecule has 38 heavy (non-hydrogen) atoms. The average Bonchev–Trinajstić information content (AvgIpc) is 2.85. The molecule has 0 fully saturated rings. The molecular formula is C35H48N2O. The highest BCUT2D eigenvalue weighted by molar-refractivity contribution is 6.02. The average molecular weight is 513 g/mol. The Morgan fingerprint density at radius 2 is 1.13 bits per heavy atom. The normalized spacial score (nSPS) is 12.4. The van der Waals surface area contributed by atoms with E-state index in [9.17, 15) is 5.11 Å². The molecule has 0 saturated carbocycles. The van der Waals surface area contributed by atoms with Crippen LogP contribution in [0.25, 0.3) is 0 Å². The molecule has 0 atom stereocenters. The number of anilines is 1. The van der Waals surface area contributed by atoms with E-state index in [0.717, 1.165) is 41.9 Å². The topological polar surface area (TPSA) is 58.6 Å². The van der Waals surface area contributed by atoms with Crippen molar-refractivity contribution in [3.05, 3.63) is 87.5 Å². The van der Waals surface area contributed by atoms with Crippen molar-refractivity contribution in [2.24, 2.45) is 4.99 Å². The first-order chi connectivity index (χ1) is 17.9. The molecule has 0 aliphatic carbocycles. The van der Waals surface area contributed by atoms with Crippen molar-refractivity contribution >= 4 is 17.1 Å². The molecule has 0 unspecified atom stereocenters.